The predicted molar refractivity (Wildman–Crippen MR) is 73.4 cm³/mol. The first-order chi connectivity index (χ1) is 8.61. The molecule has 18 heavy (non-hydrogen) atoms. The Morgan fingerprint density at radius 2 is 1.89 bits per heavy atom. The van der Waals surface area contributed by atoms with Crippen LogP contribution in [0, 0.1) is 0 Å². The molecule has 0 aliphatic rings. The van der Waals surface area contributed by atoms with Gasteiger partial charge in [-0.1, -0.05) is 37.6 Å². The van der Waals surface area contributed by atoms with E-state index in [4.69, 9.17) is 5.11 Å². The van der Waals surface area contributed by atoms with Gasteiger partial charge >= 0.3 is 0 Å². The van der Waals surface area contributed by atoms with Gasteiger partial charge in [-0.05, 0) is 30.9 Å². The van der Waals surface area contributed by atoms with E-state index < -0.39 is 6.10 Å². The van der Waals surface area contributed by atoms with E-state index in [2.05, 4.69) is 24.4 Å². The Labute approximate surface area is 109 Å². The maximum Gasteiger partial charge on any atom is 0.224 e. The number of carbonyl (C=O) groups excluding carboxylic acids is 1. The van der Waals surface area contributed by atoms with E-state index in [1.54, 1.807) is 6.92 Å². The monoisotopic (exact) mass is 249 g/mol. The lowest BCUT2D eigenvalue weighted by Crippen LogP contribution is -2.31. The highest BCUT2D eigenvalue weighted by atomic mass is 16.3. The second-order valence-corrected chi connectivity index (χ2v) is 4.75. The van der Waals surface area contributed by atoms with Crippen LogP contribution < -0.4 is 5.32 Å². The summed E-state index contributed by atoms with van der Waals surface area (Å²) in [6, 6.07) is 8.19. The van der Waals surface area contributed by atoms with Crippen LogP contribution in [0.1, 0.15) is 37.8 Å². The van der Waals surface area contributed by atoms with Crippen LogP contribution in [0.2, 0.25) is 0 Å². The van der Waals surface area contributed by atoms with Crippen molar-refractivity contribution in [1.29, 1.82) is 0 Å². The summed E-state index contributed by atoms with van der Waals surface area (Å²) < 4.78 is 0. The molecule has 0 aliphatic carbocycles. The number of aryl methyl sites for hydroxylation is 1. The van der Waals surface area contributed by atoms with E-state index in [0.717, 1.165) is 12.0 Å². The average molecular weight is 249 g/mol. The molecule has 2 N–H and O–H groups in total. The summed E-state index contributed by atoms with van der Waals surface area (Å²) in [5.74, 6) is -0.0443. The number of hydrogen-bond acceptors (Lipinski definition) is 2. The molecule has 1 unspecified atom stereocenters. The molecule has 0 saturated carbocycles. The lowest BCUT2D eigenvalue weighted by atomic mass is 10.0. The number of benzene rings is 1. The van der Waals surface area contributed by atoms with Crippen LogP contribution in [-0.2, 0) is 17.6 Å². The van der Waals surface area contributed by atoms with Crippen molar-refractivity contribution < 1.29 is 9.90 Å². The summed E-state index contributed by atoms with van der Waals surface area (Å²) in [7, 11) is 0. The molecule has 0 bridgehead atoms. The molecular formula is C15H23NO2. The molecule has 3 heteroatoms. The third kappa shape index (κ3) is 5.82. The van der Waals surface area contributed by atoms with Crippen molar-refractivity contribution in [2.75, 3.05) is 6.54 Å². The first-order valence-electron chi connectivity index (χ1n) is 6.64. The Hall–Kier alpha value is -1.35. The molecule has 0 heterocycles. The van der Waals surface area contributed by atoms with E-state index in [-0.39, 0.29) is 5.91 Å². The van der Waals surface area contributed by atoms with Gasteiger partial charge in [0.1, 0.15) is 0 Å². The van der Waals surface area contributed by atoms with Gasteiger partial charge in [-0.15, -0.1) is 0 Å². The molecule has 0 aliphatic heterocycles. The van der Waals surface area contributed by atoms with Crippen molar-refractivity contribution in [3.63, 3.8) is 0 Å². The molecule has 3 nitrogen and oxygen atoms in total. The lowest BCUT2D eigenvalue weighted by Gasteiger charge is -2.07. The van der Waals surface area contributed by atoms with Gasteiger partial charge in [-0.25, -0.2) is 0 Å². The molecule has 1 aromatic rings. The maximum atomic E-state index is 11.6. The molecule has 1 amide bonds. The van der Waals surface area contributed by atoms with E-state index in [9.17, 15) is 4.79 Å². The standard InChI is InChI=1S/C15H23NO2/c1-3-4-5-13-6-8-14(9-7-13)10-15(18)16-11-12(2)17/h6-9,12,17H,3-5,10-11H2,1-2H3,(H,16,18). The van der Waals surface area contributed by atoms with Crippen molar-refractivity contribution in [2.24, 2.45) is 0 Å². The number of aliphatic hydroxyl groups is 1. The van der Waals surface area contributed by atoms with E-state index in [1.165, 1.54) is 18.4 Å². The van der Waals surface area contributed by atoms with Gasteiger partial charge in [-0.3, -0.25) is 4.79 Å². The molecule has 0 fully saturated rings. The first-order valence-corrected chi connectivity index (χ1v) is 6.64. The summed E-state index contributed by atoms with van der Waals surface area (Å²) in [4.78, 5) is 11.6. The zero-order valence-corrected chi connectivity index (χ0v) is 11.3. The fraction of sp³-hybridized carbons (Fsp3) is 0.533. The number of hydrogen-bond donors (Lipinski definition) is 2. The van der Waals surface area contributed by atoms with Gasteiger partial charge in [0, 0.05) is 6.54 Å². The Morgan fingerprint density at radius 3 is 2.44 bits per heavy atom. The SMILES string of the molecule is CCCCc1ccc(CC(=O)NCC(C)O)cc1. The molecule has 0 saturated heterocycles. The van der Waals surface area contributed by atoms with Crippen LogP contribution in [0.25, 0.3) is 0 Å². The first kappa shape index (κ1) is 14.7. The van der Waals surface area contributed by atoms with Crippen LogP contribution >= 0.6 is 0 Å². The van der Waals surface area contributed by atoms with E-state index in [0.29, 0.717) is 13.0 Å². The molecule has 1 atom stereocenters. The van der Waals surface area contributed by atoms with Crippen molar-refractivity contribution in [2.45, 2.75) is 45.6 Å². The minimum atomic E-state index is -0.495. The Kier molecular flexibility index (Phi) is 6.44. The average Bonchev–Trinajstić information content (AvgIpc) is 2.35. The van der Waals surface area contributed by atoms with E-state index >= 15 is 0 Å². The quantitative estimate of drug-likeness (QED) is 0.777. The topological polar surface area (TPSA) is 49.3 Å². The minimum absolute atomic E-state index is 0.0443. The maximum absolute atomic E-state index is 11.6. The van der Waals surface area contributed by atoms with Gasteiger partial charge < -0.3 is 10.4 Å². The number of nitrogens with one attached hydrogen (secondary N) is 1. The number of unbranched alkanes of at least 4 members (excludes halogenated alkanes) is 1. The largest absolute Gasteiger partial charge is 0.392 e. The smallest absolute Gasteiger partial charge is 0.224 e. The zero-order chi connectivity index (χ0) is 13.4. The van der Waals surface area contributed by atoms with Crippen LogP contribution in [-0.4, -0.2) is 23.7 Å². The number of rotatable bonds is 7. The number of carbonyl (C=O) groups is 1. The highest BCUT2D eigenvalue weighted by molar-refractivity contribution is 5.78. The van der Waals surface area contributed by atoms with Gasteiger partial charge in [-0.2, -0.15) is 0 Å². The second-order valence-electron chi connectivity index (χ2n) is 4.75. The van der Waals surface area contributed by atoms with E-state index in [1.807, 2.05) is 12.1 Å². The summed E-state index contributed by atoms with van der Waals surface area (Å²) in [5, 5.41) is 11.8. The summed E-state index contributed by atoms with van der Waals surface area (Å²) in [6.45, 7) is 4.15. The lowest BCUT2D eigenvalue weighted by molar-refractivity contribution is -0.120. The summed E-state index contributed by atoms with van der Waals surface area (Å²) in [5.41, 5.74) is 2.34. The number of amides is 1. The van der Waals surface area contributed by atoms with Gasteiger partial charge in [0.05, 0.1) is 12.5 Å². The van der Waals surface area contributed by atoms with Crippen molar-refractivity contribution in [1.82, 2.24) is 5.32 Å². The molecule has 0 radical (unpaired) electrons. The van der Waals surface area contributed by atoms with Gasteiger partial charge in [0.2, 0.25) is 5.91 Å². The van der Waals surface area contributed by atoms with Crippen molar-refractivity contribution in [3.8, 4) is 0 Å². The number of aliphatic hydroxyl groups excluding tert-OH is 1. The summed E-state index contributed by atoms with van der Waals surface area (Å²) >= 11 is 0. The molecule has 0 aromatic heterocycles. The molecule has 1 rings (SSSR count). The Morgan fingerprint density at radius 1 is 1.28 bits per heavy atom. The highest BCUT2D eigenvalue weighted by Crippen LogP contribution is 2.08. The molecule has 1 aromatic carbocycles. The highest BCUT2D eigenvalue weighted by Gasteiger charge is 2.04. The molecule has 100 valence electrons. The van der Waals surface area contributed by atoms with Crippen LogP contribution in [0.4, 0.5) is 0 Å². The third-order valence-electron chi connectivity index (χ3n) is 2.80. The predicted octanol–water partition coefficient (Wildman–Crippen LogP) is 2.07. The van der Waals surface area contributed by atoms with Gasteiger partial charge in [0.25, 0.3) is 0 Å². The van der Waals surface area contributed by atoms with Gasteiger partial charge in [0.15, 0.2) is 0 Å². The van der Waals surface area contributed by atoms with Crippen LogP contribution in [0.3, 0.4) is 0 Å². The fourth-order valence-corrected chi connectivity index (χ4v) is 1.71. The van der Waals surface area contributed by atoms with Crippen molar-refractivity contribution >= 4 is 5.91 Å². The third-order valence-corrected chi connectivity index (χ3v) is 2.80. The minimum Gasteiger partial charge on any atom is -0.392 e. The Balaban J connectivity index is 2.40. The van der Waals surface area contributed by atoms with Crippen LogP contribution in [0.5, 0.6) is 0 Å². The summed E-state index contributed by atoms with van der Waals surface area (Å²) in [6.07, 6.45) is 3.38. The van der Waals surface area contributed by atoms with Crippen LogP contribution in [0.15, 0.2) is 24.3 Å². The normalized spacial score (nSPS) is 12.2. The second kappa shape index (κ2) is 7.88. The molecular weight excluding hydrogens is 226 g/mol. The Bertz CT molecular complexity index is 357. The molecule has 0 spiro atoms. The zero-order valence-electron chi connectivity index (χ0n) is 11.3. The van der Waals surface area contributed by atoms with Crippen molar-refractivity contribution in [3.05, 3.63) is 35.4 Å². The fourth-order valence-electron chi connectivity index (χ4n) is 1.71.